The number of nitrogens with zero attached hydrogens (tertiary/aromatic N) is 3. The van der Waals surface area contributed by atoms with Gasteiger partial charge in [-0.05, 0) is 67.3 Å². The molecule has 1 N–H and O–H groups in total. The molecule has 2 aliphatic rings. The Morgan fingerprint density at radius 1 is 1.12 bits per heavy atom. The van der Waals surface area contributed by atoms with Crippen LogP contribution in [0.1, 0.15) is 54.1 Å². The first-order valence-corrected chi connectivity index (χ1v) is 16.0. The van der Waals surface area contributed by atoms with Gasteiger partial charge in [0, 0.05) is 17.7 Å². The van der Waals surface area contributed by atoms with Crippen LogP contribution in [0.25, 0.3) is 5.76 Å². The van der Waals surface area contributed by atoms with E-state index in [1.165, 1.54) is 33.6 Å². The molecule has 1 fully saturated rings. The summed E-state index contributed by atoms with van der Waals surface area (Å²) in [5, 5.41) is 20.6. The molecule has 1 amide bonds. The summed E-state index contributed by atoms with van der Waals surface area (Å²) in [6.07, 6.45) is 1.55. The average molecular weight is 614 g/mol. The van der Waals surface area contributed by atoms with Crippen LogP contribution in [0.3, 0.4) is 0 Å². The zero-order chi connectivity index (χ0) is 30.1. The molecule has 3 heterocycles. The van der Waals surface area contributed by atoms with Crippen molar-refractivity contribution in [3.05, 3.63) is 100 Å². The minimum Gasteiger partial charge on any atom is -0.507 e. The van der Waals surface area contributed by atoms with E-state index in [9.17, 15) is 14.7 Å². The highest BCUT2D eigenvalue weighted by Crippen LogP contribution is 2.45. The summed E-state index contributed by atoms with van der Waals surface area (Å²) in [6, 6.07) is 20.0. The van der Waals surface area contributed by atoms with Gasteiger partial charge in [0.1, 0.15) is 23.4 Å². The van der Waals surface area contributed by atoms with E-state index in [0.29, 0.717) is 40.0 Å². The number of aromatic nitrogens is 2. The van der Waals surface area contributed by atoms with Crippen LogP contribution in [0.15, 0.2) is 76.6 Å². The van der Waals surface area contributed by atoms with E-state index in [1.807, 2.05) is 45.0 Å². The van der Waals surface area contributed by atoms with E-state index in [1.54, 1.807) is 18.2 Å². The lowest BCUT2D eigenvalue weighted by Crippen LogP contribution is -2.29. The first-order chi connectivity index (χ1) is 20.8. The highest BCUT2D eigenvalue weighted by Gasteiger charge is 2.48. The van der Waals surface area contributed by atoms with Crippen molar-refractivity contribution in [2.24, 2.45) is 0 Å². The van der Waals surface area contributed by atoms with Gasteiger partial charge in [0.2, 0.25) is 5.13 Å². The molecular formula is C33H31N3O5S2. The molecule has 0 saturated carbocycles. The number of ketones is 1. The summed E-state index contributed by atoms with van der Waals surface area (Å²) >= 11 is 2.76. The molecule has 10 heteroatoms. The lowest BCUT2D eigenvalue weighted by atomic mass is 9.94. The molecule has 0 unspecified atom stereocenters. The fourth-order valence-corrected chi connectivity index (χ4v) is 7.08. The summed E-state index contributed by atoms with van der Waals surface area (Å²) in [7, 11) is 0. The summed E-state index contributed by atoms with van der Waals surface area (Å²) in [5.41, 5.74) is 4.34. The van der Waals surface area contributed by atoms with Crippen molar-refractivity contribution >= 4 is 45.7 Å². The minimum absolute atomic E-state index is 0.00591. The molecule has 0 aliphatic carbocycles. The normalized spacial score (nSPS) is 19.0. The fraction of sp³-hybridized carbons (Fsp3) is 0.273. The van der Waals surface area contributed by atoms with E-state index >= 15 is 0 Å². The topological polar surface area (TPSA) is 102 Å². The number of hydrogen-bond donors (Lipinski definition) is 1. The van der Waals surface area contributed by atoms with Crippen LogP contribution >= 0.6 is 23.1 Å². The number of aryl methyl sites for hydroxylation is 1. The number of aliphatic hydroxyl groups excluding tert-OH is 1. The number of hydrogen-bond acceptors (Lipinski definition) is 9. The largest absolute Gasteiger partial charge is 0.507 e. The standard InChI is InChI=1S/C33H31N3O5S2/c1-4-14-40-25-7-5-6-22(17-25)28-27(29(37)23-12-13-26-24(16-23)15-20(3)41-26)30(38)31(39)36(28)32-34-35-33(43-32)42-18-21-10-8-19(2)9-11-21/h5-13,16-17,20,28,37H,4,14-15,18H2,1-3H3/b29-27+/t20-,28-/m1/s1. The number of thioether (sulfide) groups is 1. The Morgan fingerprint density at radius 3 is 2.72 bits per heavy atom. The van der Waals surface area contributed by atoms with E-state index in [2.05, 4.69) is 34.5 Å². The van der Waals surface area contributed by atoms with E-state index in [4.69, 9.17) is 9.47 Å². The van der Waals surface area contributed by atoms with Gasteiger partial charge in [0.15, 0.2) is 4.34 Å². The van der Waals surface area contributed by atoms with Crippen LogP contribution in [-0.2, 0) is 21.8 Å². The van der Waals surface area contributed by atoms with Crippen LogP contribution in [-0.4, -0.2) is 39.7 Å². The van der Waals surface area contributed by atoms with Gasteiger partial charge in [-0.15, -0.1) is 10.2 Å². The van der Waals surface area contributed by atoms with Crippen molar-refractivity contribution in [1.82, 2.24) is 10.2 Å². The molecule has 0 spiro atoms. The summed E-state index contributed by atoms with van der Waals surface area (Å²) in [5.74, 6) is 0.264. The number of carbonyl (C=O) groups is 2. The van der Waals surface area contributed by atoms with Crippen LogP contribution in [0.5, 0.6) is 11.5 Å². The summed E-state index contributed by atoms with van der Waals surface area (Å²) in [6.45, 7) is 6.57. The second-order valence-electron chi connectivity index (χ2n) is 10.7. The van der Waals surface area contributed by atoms with Gasteiger partial charge in [-0.3, -0.25) is 14.5 Å². The molecule has 8 nitrogen and oxygen atoms in total. The molecular weight excluding hydrogens is 583 g/mol. The van der Waals surface area contributed by atoms with Gasteiger partial charge < -0.3 is 14.6 Å². The first-order valence-electron chi connectivity index (χ1n) is 14.2. The molecule has 0 radical (unpaired) electrons. The highest BCUT2D eigenvalue weighted by atomic mass is 32.2. The van der Waals surface area contributed by atoms with Crippen molar-refractivity contribution < 1.29 is 24.2 Å². The Labute approximate surface area is 258 Å². The minimum atomic E-state index is -0.920. The summed E-state index contributed by atoms with van der Waals surface area (Å²) < 4.78 is 12.4. The van der Waals surface area contributed by atoms with E-state index in [-0.39, 0.29) is 22.6 Å². The fourth-order valence-electron chi connectivity index (χ4n) is 5.25. The molecule has 6 rings (SSSR count). The zero-order valence-electron chi connectivity index (χ0n) is 24.1. The molecule has 220 valence electrons. The third-order valence-corrected chi connectivity index (χ3v) is 9.47. The van der Waals surface area contributed by atoms with Crippen molar-refractivity contribution in [2.45, 2.75) is 55.9 Å². The van der Waals surface area contributed by atoms with Gasteiger partial charge in [0.05, 0.1) is 18.2 Å². The van der Waals surface area contributed by atoms with Crippen molar-refractivity contribution in [3.8, 4) is 11.5 Å². The Morgan fingerprint density at radius 2 is 1.93 bits per heavy atom. The van der Waals surface area contributed by atoms with E-state index < -0.39 is 17.7 Å². The number of ether oxygens (including phenoxy) is 2. The third kappa shape index (κ3) is 5.89. The Hall–Kier alpha value is -4.15. The number of anilines is 1. The van der Waals surface area contributed by atoms with E-state index in [0.717, 1.165) is 23.3 Å². The van der Waals surface area contributed by atoms with Crippen LogP contribution < -0.4 is 14.4 Å². The lowest BCUT2D eigenvalue weighted by Gasteiger charge is -2.23. The molecule has 0 bridgehead atoms. The zero-order valence-corrected chi connectivity index (χ0v) is 25.7. The molecule has 4 aromatic rings. The smallest absolute Gasteiger partial charge is 0.301 e. The second-order valence-corrected chi connectivity index (χ2v) is 12.8. The van der Waals surface area contributed by atoms with Crippen molar-refractivity contribution in [1.29, 1.82) is 0 Å². The number of amides is 1. The molecule has 1 aromatic heterocycles. The predicted octanol–water partition coefficient (Wildman–Crippen LogP) is 6.88. The van der Waals surface area contributed by atoms with Gasteiger partial charge in [-0.2, -0.15) is 0 Å². The molecule has 1 saturated heterocycles. The summed E-state index contributed by atoms with van der Waals surface area (Å²) in [4.78, 5) is 28.7. The van der Waals surface area contributed by atoms with Crippen molar-refractivity contribution in [3.63, 3.8) is 0 Å². The van der Waals surface area contributed by atoms with Gasteiger partial charge in [-0.25, -0.2) is 0 Å². The van der Waals surface area contributed by atoms with Crippen LogP contribution in [0.2, 0.25) is 0 Å². The van der Waals surface area contributed by atoms with Crippen molar-refractivity contribution in [2.75, 3.05) is 11.5 Å². The number of aliphatic hydroxyl groups is 1. The third-order valence-electron chi connectivity index (χ3n) is 7.35. The molecule has 2 aliphatic heterocycles. The maximum atomic E-state index is 13.7. The maximum absolute atomic E-state index is 13.7. The molecule has 43 heavy (non-hydrogen) atoms. The first kappa shape index (κ1) is 28.9. The quantitative estimate of drug-likeness (QED) is 0.0717. The Balaban J connectivity index is 1.39. The number of carbonyl (C=O) groups excluding carboxylic acids is 2. The molecule has 2 atom stereocenters. The molecule has 3 aromatic carbocycles. The van der Waals surface area contributed by atoms with Gasteiger partial charge in [0.25, 0.3) is 5.78 Å². The second kappa shape index (κ2) is 12.2. The Bertz CT molecular complexity index is 1720. The number of benzene rings is 3. The highest BCUT2D eigenvalue weighted by molar-refractivity contribution is 8.00. The number of fused-ring (bicyclic) bond motifs is 1. The predicted molar refractivity (Wildman–Crippen MR) is 168 cm³/mol. The monoisotopic (exact) mass is 613 g/mol. The average Bonchev–Trinajstić information content (AvgIpc) is 3.70. The van der Waals surface area contributed by atoms with Crippen LogP contribution in [0, 0.1) is 6.92 Å². The Kier molecular flexibility index (Phi) is 8.23. The van der Waals surface area contributed by atoms with Crippen LogP contribution in [0.4, 0.5) is 5.13 Å². The number of Topliss-reactive ketones (excluding diaryl/α,β-unsaturated/α-hetero) is 1. The SMILES string of the molecule is CCCOc1cccc([C@@H]2/C(=C(\O)c3ccc4c(c3)C[C@@H](C)O4)C(=O)C(=O)N2c2nnc(SCc3ccc(C)cc3)s2)c1. The van der Waals surface area contributed by atoms with Gasteiger partial charge in [-0.1, -0.05) is 72.0 Å². The maximum Gasteiger partial charge on any atom is 0.301 e. The van der Waals surface area contributed by atoms with Gasteiger partial charge >= 0.3 is 5.91 Å². The lowest BCUT2D eigenvalue weighted by molar-refractivity contribution is -0.132. The number of rotatable bonds is 9.